The maximum atomic E-state index is 14.5. The quantitative estimate of drug-likeness (QED) is 0.130. The Balaban J connectivity index is 1.51. The number of hydrogen-bond acceptors (Lipinski definition) is 7. The van der Waals surface area contributed by atoms with Gasteiger partial charge in [-0.25, -0.2) is 4.79 Å². The van der Waals surface area contributed by atoms with Gasteiger partial charge in [0.15, 0.2) is 0 Å². The SMILES string of the molecule is C=CCNC(=O)C(=O)C(CC1CC1)NC(=O)[C@@H]1C2[C@H](CN1C(=O)[C@@H](NC(=O)N[C@H](CC1CCC(=O)CCC1=O)C(C)(C)C)C(C)(C)C)C2(C)C. The van der Waals surface area contributed by atoms with Crippen LogP contribution in [-0.4, -0.2) is 83.3 Å². The van der Waals surface area contributed by atoms with Crippen LogP contribution in [-0.2, 0) is 28.8 Å². The highest BCUT2D eigenvalue weighted by atomic mass is 16.2. The van der Waals surface area contributed by atoms with E-state index in [9.17, 15) is 33.6 Å². The third kappa shape index (κ3) is 9.20. The predicted octanol–water partition coefficient (Wildman–Crippen LogP) is 3.47. The molecular formula is C38H59N5O7. The minimum atomic E-state index is -1.01. The van der Waals surface area contributed by atoms with Crippen LogP contribution in [0.3, 0.4) is 0 Å². The van der Waals surface area contributed by atoms with Crippen molar-refractivity contribution in [3.63, 3.8) is 0 Å². The molecule has 0 bridgehead atoms. The second-order valence-electron chi connectivity index (χ2n) is 17.8. The number of urea groups is 1. The van der Waals surface area contributed by atoms with Crippen molar-refractivity contribution >= 4 is 41.1 Å². The molecule has 50 heavy (non-hydrogen) atoms. The fourth-order valence-corrected chi connectivity index (χ4v) is 7.80. The number of hydrogen-bond donors (Lipinski definition) is 4. The summed E-state index contributed by atoms with van der Waals surface area (Å²) in [6, 6.07) is -3.84. The van der Waals surface area contributed by atoms with Crippen molar-refractivity contribution in [2.45, 2.75) is 131 Å². The first kappa shape index (κ1) is 39.2. The molecule has 4 fully saturated rings. The highest BCUT2D eigenvalue weighted by Crippen LogP contribution is 2.65. The molecule has 0 aromatic carbocycles. The Labute approximate surface area is 297 Å². The van der Waals surface area contributed by atoms with Crippen LogP contribution >= 0.6 is 0 Å². The number of amides is 5. The molecule has 1 saturated heterocycles. The lowest BCUT2D eigenvalue weighted by Gasteiger charge is -2.39. The van der Waals surface area contributed by atoms with Gasteiger partial charge < -0.3 is 26.2 Å². The summed E-state index contributed by atoms with van der Waals surface area (Å²) in [6.45, 7) is 19.6. The summed E-state index contributed by atoms with van der Waals surface area (Å²) >= 11 is 0. The average molecular weight is 698 g/mol. The van der Waals surface area contributed by atoms with E-state index in [-0.39, 0.29) is 60.0 Å². The summed E-state index contributed by atoms with van der Waals surface area (Å²) in [6.07, 6.45) is 5.35. The molecule has 0 aromatic rings. The Kier molecular flexibility index (Phi) is 11.7. The fourth-order valence-electron chi connectivity index (χ4n) is 7.80. The maximum Gasteiger partial charge on any atom is 0.315 e. The van der Waals surface area contributed by atoms with Crippen molar-refractivity contribution in [2.75, 3.05) is 13.1 Å². The Morgan fingerprint density at radius 3 is 2.14 bits per heavy atom. The monoisotopic (exact) mass is 697 g/mol. The van der Waals surface area contributed by atoms with E-state index in [2.05, 4.69) is 41.7 Å². The summed E-state index contributed by atoms with van der Waals surface area (Å²) in [5, 5.41) is 11.3. The zero-order valence-electron chi connectivity index (χ0n) is 31.3. The predicted molar refractivity (Wildman–Crippen MR) is 188 cm³/mol. The largest absolute Gasteiger partial charge is 0.346 e. The van der Waals surface area contributed by atoms with Gasteiger partial charge >= 0.3 is 6.03 Å². The molecule has 0 aromatic heterocycles. The molecule has 3 unspecified atom stereocenters. The van der Waals surface area contributed by atoms with Crippen molar-refractivity contribution in [1.82, 2.24) is 26.2 Å². The molecule has 12 nitrogen and oxygen atoms in total. The van der Waals surface area contributed by atoms with E-state index >= 15 is 0 Å². The van der Waals surface area contributed by atoms with Crippen LogP contribution in [0.25, 0.3) is 0 Å². The zero-order chi connectivity index (χ0) is 37.3. The number of likely N-dealkylation sites (tertiary alicyclic amines) is 1. The third-order valence-corrected chi connectivity index (χ3v) is 11.4. The molecule has 0 spiro atoms. The van der Waals surface area contributed by atoms with Crippen molar-refractivity contribution in [3.8, 4) is 0 Å². The summed E-state index contributed by atoms with van der Waals surface area (Å²) in [5.74, 6) is -2.41. The van der Waals surface area contributed by atoms with Gasteiger partial charge in [0.2, 0.25) is 17.6 Å². The van der Waals surface area contributed by atoms with Gasteiger partial charge in [-0.15, -0.1) is 6.58 Å². The van der Waals surface area contributed by atoms with Crippen molar-refractivity contribution in [1.29, 1.82) is 0 Å². The molecule has 12 heteroatoms. The zero-order valence-corrected chi connectivity index (χ0v) is 31.3. The van der Waals surface area contributed by atoms with E-state index in [0.29, 0.717) is 32.2 Å². The summed E-state index contributed by atoms with van der Waals surface area (Å²) in [5.41, 5.74) is -1.35. The Hall–Kier alpha value is -3.57. The minimum Gasteiger partial charge on any atom is -0.346 e. The molecule has 4 aliphatic rings. The minimum absolute atomic E-state index is 0.0355. The topological polar surface area (TPSA) is 171 Å². The number of carbonyl (C=O) groups excluding carboxylic acids is 7. The molecule has 5 amide bonds. The third-order valence-electron chi connectivity index (χ3n) is 11.4. The molecule has 1 aliphatic heterocycles. The smallest absolute Gasteiger partial charge is 0.315 e. The van der Waals surface area contributed by atoms with E-state index in [1.54, 1.807) is 4.90 Å². The van der Waals surface area contributed by atoms with Crippen LogP contribution in [0, 0.1) is 39.9 Å². The number of piperidine rings is 1. The Morgan fingerprint density at radius 2 is 1.56 bits per heavy atom. The molecule has 4 N–H and O–H groups in total. The number of rotatable bonds is 13. The first-order chi connectivity index (χ1) is 23.2. The number of carbonyl (C=O) groups is 7. The van der Waals surface area contributed by atoms with E-state index in [1.165, 1.54) is 6.08 Å². The van der Waals surface area contributed by atoms with Gasteiger partial charge in [0.1, 0.15) is 23.7 Å². The maximum absolute atomic E-state index is 14.5. The normalized spacial score (nSPS) is 26.4. The Bertz CT molecular complexity index is 1390. The summed E-state index contributed by atoms with van der Waals surface area (Å²) in [4.78, 5) is 94.4. The van der Waals surface area contributed by atoms with Crippen LogP contribution in [0.15, 0.2) is 12.7 Å². The second kappa shape index (κ2) is 15.0. The molecule has 0 radical (unpaired) electrons. The van der Waals surface area contributed by atoms with Crippen molar-refractivity contribution in [3.05, 3.63) is 12.7 Å². The van der Waals surface area contributed by atoms with Crippen LogP contribution in [0.1, 0.15) is 107 Å². The van der Waals surface area contributed by atoms with Gasteiger partial charge in [-0.2, -0.15) is 0 Å². The average Bonchev–Trinajstić information content (AvgIpc) is 3.89. The summed E-state index contributed by atoms with van der Waals surface area (Å²) in [7, 11) is 0. The van der Waals surface area contributed by atoms with Crippen LogP contribution in [0.2, 0.25) is 0 Å². The molecule has 3 saturated carbocycles. The summed E-state index contributed by atoms with van der Waals surface area (Å²) < 4.78 is 0. The van der Waals surface area contributed by atoms with Gasteiger partial charge in [0.05, 0.1) is 6.04 Å². The molecule has 1 heterocycles. The van der Waals surface area contributed by atoms with Gasteiger partial charge in [0.25, 0.3) is 5.91 Å². The van der Waals surface area contributed by atoms with E-state index in [1.807, 2.05) is 41.5 Å². The van der Waals surface area contributed by atoms with Gasteiger partial charge in [-0.1, -0.05) is 74.3 Å². The van der Waals surface area contributed by atoms with Crippen LogP contribution < -0.4 is 21.3 Å². The number of ketones is 3. The number of fused-ring (bicyclic) bond motifs is 1. The lowest BCUT2D eigenvalue weighted by molar-refractivity contribution is -0.145. The first-order valence-corrected chi connectivity index (χ1v) is 18.3. The molecular weight excluding hydrogens is 638 g/mol. The molecule has 7 atom stereocenters. The van der Waals surface area contributed by atoms with Gasteiger partial charge in [0, 0.05) is 44.3 Å². The van der Waals surface area contributed by atoms with Crippen LogP contribution in [0.5, 0.6) is 0 Å². The van der Waals surface area contributed by atoms with E-state index in [4.69, 9.17) is 0 Å². The number of Topliss-reactive ketones (excluding diaryl/α,β-unsaturated/α-hetero) is 3. The lowest BCUT2D eigenvalue weighted by Crippen LogP contribution is -2.62. The van der Waals surface area contributed by atoms with Gasteiger partial charge in [-0.3, -0.25) is 28.8 Å². The van der Waals surface area contributed by atoms with Crippen molar-refractivity contribution in [2.24, 2.45) is 39.9 Å². The van der Waals surface area contributed by atoms with Crippen molar-refractivity contribution < 1.29 is 33.6 Å². The Morgan fingerprint density at radius 1 is 0.900 bits per heavy atom. The fraction of sp³-hybridized carbons (Fsp3) is 0.763. The molecule has 4 rings (SSSR count). The number of nitrogens with zero attached hydrogens (tertiary/aromatic N) is 1. The van der Waals surface area contributed by atoms with E-state index in [0.717, 1.165) is 12.8 Å². The number of nitrogens with one attached hydrogen (secondary N) is 4. The lowest BCUT2D eigenvalue weighted by atomic mass is 9.79. The second-order valence-corrected chi connectivity index (χ2v) is 17.8. The molecule has 278 valence electrons. The highest BCUT2D eigenvalue weighted by Gasteiger charge is 2.70. The van der Waals surface area contributed by atoms with Gasteiger partial charge in [-0.05, 0) is 53.3 Å². The standard InChI is InChI=1S/C38H59N5O7/c1-10-17-39-33(48)30(46)25(18-21-11-12-21)40-32(47)29-28-24(38(28,8)9)20-43(29)34(49)31(37(5,6)7)42-35(50)41-27(36(2,3)4)19-22-13-14-23(44)15-16-26(22)45/h10,21-22,24-25,27-29,31H,1,11-20H2,2-9H3,(H,39,48)(H,40,47)(H2,41,42,50)/t22?,24-,25?,27+,28?,29-,31+/m0/s1. The van der Waals surface area contributed by atoms with E-state index < -0.39 is 64.5 Å². The first-order valence-electron chi connectivity index (χ1n) is 18.3. The van der Waals surface area contributed by atoms with Crippen LogP contribution in [0.4, 0.5) is 4.79 Å². The highest BCUT2D eigenvalue weighted by molar-refractivity contribution is 6.38. The molecule has 3 aliphatic carbocycles.